The van der Waals surface area contributed by atoms with E-state index in [0.717, 1.165) is 28.5 Å². The van der Waals surface area contributed by atoms with Crippen molar-refractivity contribution < 1.29 is 14.7 Å². The van der Waals surface area contributed by atoms with Gasteiger partial charge in [-0.25, -0.2) is 0 Å². The van der Waals surface area contributed by atoms with Crippen LogP contribution in [-0.2, 0) is 11.3 Å². The lowest BCUT2D eigenvalue weighted by Crippen LogP contribution is -2.27. The Hall–Kier alpha value is -3.34. The molecule has 7 heteroatoms. The number of nitrogens with zero attached hydrogens (tertiary/aromatic N) is 2. The SMILES string of the molecule is N#Cc1ccccc1-c1ccc(CN2C(=O)S/C(=C\c3ccc(O)c(Br)c3)C2=O)cc1. The number of hydrogen-bond acceptors (Lipinski definition) is 5. The van der Waals surface area contributed by atoms with Crippen molar-refractivity contribution >= 4 is 44.9 Å². The number of rotatable bonds is 4. The molecule has 1 saturated heterocycles. The van der Waals surface area contributed by atoms with Gasteiger partial charge in [0.15, 0.2) is 0 Å². The van der Waals surface area contributed by atoms with E-state index >= 15 is 0 Å². The smallest absolute Gasteiger partial charge is 0.293 e. The van der Waals surface area contributed by atoms with Crippen molar-refractivity contribution in [2.75, 3.05) is 0 Å². The van der Waals surface area contributed by atoms with Crippen LogP contribution < -0.4 is 0 Å². The normalized spacial score (nSPS) is 14.8. The van der Waals surface area contributed by atoms with Crippen molar-refractivity contribution in [3.63, 3.8) is 0 Å². The highest BCUT2D eigenvalue weighted by Gasteiger charge is 2.35. The van der Waals surface area contributed by atoms with Crippen molar-refractivity contribution in [2.45, 2.75) is 6.54 Å². The molecule has 0 aromatic heterocycles. The first kappa shape index (κ1) is 20.9. The first-order valence-electron chi connectivity index (χ1n) is 9.28. The molecule has 1 fully saturated rings. The summed E-state index contributed by atoms with van der Waals surface area (Å²) < 4.78 is 0.513. The molecule has 1 heterocycles. The van der Waals surface area contributed by atoms with Crippen molar-refractivity contribution in [3.05, 3.63) is 92.8 Å². The summed E-state index contributed by atoms with van der Waals surface area (Å²) in [6, 6.07) is 21.9. The van der Waals surface area contributed by atoms with Crippen LogP contribution in [0.4, 0.5) is 4.79 Å². The highest BCUT2D eigenvalue weighted by Crippen LogP contribution is 2.34. The summed E-state index contributed by atoms with van der Waals surface area (Å²) in [6.45, 7) is 0.168. The predicted octanol–water partition coefficient (Wildman–Crippen LogP) is 5.93. The lowest BCUT2D eigenvalue weighted by molar-refractivity contribution is -0.123. The van der Waals surface area contributed by atoms with E-state index in [0.29, 0.717) is 20.5 Å². The van der Waals surface area contributed by atoms with Crippen LogP contribution in [0.25, 0.3) is 17.2 Å². The summed E-state index contributed by atoms with van der Waals surface area (Å²) in [5.41, 5.74) is 3.84. The van der Waals surface area contributed by atoms with Gasteiger partial charge >= 0.3 is 0 Å². The fourth-order valence-corrected chi connectivity index (χ4v) is 4.44. The standard InChI is InChI=1S/C24H15BrN2O3S/c25-20-11-16(7-10-21(20)28)12-22-23(29)27(24(30)31-22)14-15-5-8-17(9-6-15)19-4-2-1-3-18(19)13-26/h1-12,28H,14H2/b22-12-. The minimum Gasteiger partial charge on any atom is -0.507 e. The molecule has 5 nitrogen and oxygen atoms in total. The van der Waals surface area contributed by atoms with Crippen LogP contribution in [0, 0.1) is 11.3 Å². The second kappa shape index (κ2) is 8.80. The number of carbonyl (C=O) groups is 2. The molecular formula is C24H15BrN2O3S. The molecule has 0 atom stereocenters. The molecule has 0 spiro atoms. The number of imide groups is 1. The van der Waals surface area contributed by atoms with Crippen LogP contribution in [0.1, 0.15) is 16.7 Å². The third kappa shape index (κ3) is 4.41. The first-order chi connectivity index (χ1) is 15.0. The number of carbonyl (C=O) groups excluding carboxylic acids is 2. The van der Waals surface area contributed by atoms with Gasteiger partial charge in [-0.15, -0.1) is 0 Å². The summed E-state index contributed by atoms with van der Waals surface area (Å²) in [7, 11) is 0. The Kier molecular flexibility index (Phi) is 5.94. The van der Waals surface area contributed by atoms with Gasteiger partial charge in [0, 0.05) is 0 Å². The third-order valence-corrected chi connectivity index (χ3v) is 6.34. The van der Waals surface area contributed by atoms with E-state index in [2.05, 4.69) is 22.0 Å². The monoisotopic (exact) mass is 490 g/mol. The maximum Gasteiger partial charge on any atom is 0.293 e. The molecule has 3 aromatic carbocycles. The van der Waals surface area contributed by atoms with Gasteiger partial charge in [-0.2, -0.15) is 5.26 Å². The number of thioether (sulfide) groups is 1. The Balaban J connectivity index is 1.52. The zero-order valence-electron chi connectivity index (χ0n) is 16.1. The topological polar surface area (TPSA) is 81.4 Å². The van der Waals surface area contributed by atoms with E-state index < -0.39 is 0 Å². The summed E-state index contributed by atoms with van der Waals surface area (Å²) in [4.78, 5) is 26.7. The van der Waals surface area contributed by atoms with E-state index in [-0.39, 0.29) is 23.4 Å². The minimum absolute atomic E-state index is 0.103. The highest BCUT2D eigenvalue weighted by molar-refractivity contribution is 9.10. The van der Waals surface area contributed by atoms with E-state index in [4.69, 9.17) is 0 Å². The van der Waals surface area contributed by atoms with Gasteiger partial charge in [-0.05, 0) is 74.2 Å². The lowest BCUT2D eigenvalue weighted by Gasteiger charge is -2.13. The largest absolute Gasteiger partial charge is 0.507 e. The zero-order valence-corrected chi connectivity index (χ0v) is 18.5. The summed E-state index contributed by atoms with van der Waals surface area (Å²) in [5, 5.41) is 18.6. The maximum atomic E-state index is 12.8. The average Bonchev–Trinajstić information content (AvgIpc) is 3.04. The van der Waals surface area contributed by atoms with Gasteiger partial charge in [0.25, 0.3) is 11.1 Å². The Morgan fingerprint density at radius 1 is 1.06 bits per heavy atom. The van der Waals surface area contributed by atoms with Crippen molar-refractivity contribution in [1.29, 1.82) is 5.26 Å². The van der Waals surface area contributed by atoms with Crippen LogP contribution in [0.15, 0.2) is 76.1 Å². The van der Waals surface area contributed by atoms with Gasteiger partial charge in [0.1, 0.15) is 5.75 Å². The Morgan fingerprint density at radius 2 is 1.81 bits per heavy atom. The zero-order chi connectivity index (χ0) is 22.0. The summed E-state index contributed by atoms with van der Waals surface area (Å²) >= 11 is 4.14. The number of aromatic hydroxyl groups is 1. The molecule has 0 bridgehead atoms. The summed E-state index contributed by atoms with van der Waals surface area (Å²) in [6.07, 6.45) is 1.64. The average molecular weight is 491 g/mol. The summed E-state index contributed by atoms with van der Waals surface area (Å²) in [5.74, 6) is -0.246. The molecular weight excluding hydrogens is 476 g/mol. The second-order valence-electron chi connectivity index (χ2n) is 6.83. The van der Waals surface area contributed by atoms with E-state index in [1.165, 1.54) is 11.0 Å². The van der Waals surface area contributed by atoms with Crippen LogP contribution in [0.5, 0.6) is 5.75 Å². The molecule has 1 aliphatic heterocycles. The minimum atomic E-state index is -0.349. The number of halogens is 1. The number of phenolic OH excluding ortho intramolecular Hbond substituents is 1. The van der Waals surface area contributed by atoms with E-state index in [9.17, 15) is 20.0 Å². The number of hydrogen-bond donors (Lipinski definition) is 1. The fourth-order valence-electron chi connectivity index (χ4n) is 3.21. The number of amides is 2. The van der Waals surface area contributed by atoms with Crippen molar-refractivity contribution in [2.24, 2.45) is 0 Å². The molecule has 1 aliphatic rings. The molecule has 2 amide bonds. The third-order valence-electron chi connectivity index (χ3n) is 4.80. The van der Waals surface area contributed by atoms with E-state index in [1.54, 1.807) is 24.3 Å². The number of nitriles is 1. The molecule has 0 aliphatic carbocycles. The Labute approximate surface area is 191 Å². The molecule has 0 radical (unpaired) electrons. The molecule has 152 valence electrons. The van der Waals surface area contributed by atoms with Gasteiger partial charge in [0.2, 0.25) is 0 Å². The Morgan fingerprint density at radius 3 is 2.52 bits per heavy atom. The molecule has 1 N–H and O–H groups in total. The number of phenols is 1. The number of benzene rings is 3. The predicted molar refractivity (Wildman–Crippen MR) is 124 cm³/mol. The lowest BCUT2D eigenvalue weighted by atomic mass is 9.99. The quantitative estimate of drug-likeness (QED) is 0.458. The Bertz CT molecular complexity index is 1260. The fraction of sp³-hybridized carbons (Fsp3) is 0.0417. The first-order valence-corrected chi connectivity index (χ1v) is 10.9. The van der Waals surface area contributed by atoms with Crippen LogP contribution in [0.2, 0.25) is 0 Å². The van der Waals surface area contributed by atoms with Crippen molar-refractivity contribution in [3.8, 4) is 22.9 Å². The van der Waals surface area contributed by atoms with E-state index in [1.807, 2.05) is 42.5 Å². The molecule has 3 aromatic rings. The second-order valence-corrected chi connectivity index (χ2v) is 8.68. The van der Waals surface area contributed by atoms with Crippen LogP contribution in [0.3, 0.4) is 0 Å². The van der Waals surface area contributed by atoms with Gasteiger partial charge < -0.3 is 5.11 Å². The highest BCUT2D eigenvalue weighted by atomic mass is 79.9. The maximum absolute atomic E-state index is 12.8. The molecule has 31 heavy (non-hydrogen) atoms. The van der Waals surface area contributed by atoms with Crippen LogP contribution >= 0.6 is 27.7 Å². The molecule has 0 saturated carbocycles. The van der Waals surface area contributed by atoms with Crippen molar-refractivity contribution in [1.82, 2.24) is 4.90 Å². The van der Waals surface area contributed by atoms with Gasteiger partial charge in [-0.3, -0.25) is 14.5 Å². The van der Waals surface area contributed by atoms with Crippen LogP contribution in [-0.4, -0.2) is 21.2 Å². The van der Waals surface area contributed by atoms with Gasteiger partial charge in [-0.1, -0.05) is 48.5 Å². The van der Waals surface area contributed by atoms with Gasteiger partial charge in [0.05, 0.1) is 27.6 Å². The molecule has 0 unspecified atom stereocenters. The molecule has 4 rings (SSSR count).